The first kappa shape index (κ1) is 17.8. The van der Waals surface area contributed by atoms with Crippen molar-refractivity contribution in [3.05, 3.63) is 12.2 Å². The van der Waals surface area contributed by atoms with Gasteiger partial charge in [0.05, 0.1) is 0 Å². The zero-order valence-electron chi connectivity index (χ0n) is 10.6. The van der Waals surface area contributed by atoms with Crippen molar-refractivity contribution in [3.8, 4) is 0 Å². The van der Waals surface area contributed by atoms with Gasteiger partial charge in [0.1, 0.15) is 13.2 Å². The summed E-state index contributed by atoms with van der Waals surface area (Å²) < 4.78 is 4.88. The summed E-state index contributed by atoms with van der Waals surface area (Å²) in [4.78, 5) is 32.3. The molecule has 0 aromatic heterocycles. The van der Waals surface area contributed by atoms with Gasteiger partial charge < -0.3 is 15.2 Å². The van der Waals surface area contributed by atoms with Crippen LogP contribution in [0.1, 0.15) is 13.3 Å². The zero-order chi connectivity index (χ0) is 14.7. The smallest absolute Gasteiger partial charge is 0.333 e. The molecule has 6 nitrogen and oxygen atoms in total. The van der Waals surface area contributed by atoms with Crippen LogP contribution in [0.25, 0.3) is 0 Å². The molecule has 108 valence electrons. The van der Waals surface area contributed by atoms with Gasteiger partial charge in [-0.3, -0.25) is 9.59 Å². The molecule has 0 rings (SSSR count). The van der Waals surface area contributed by atoms with Crippen molar-refractivity contribution in [2.75, 3.05) is 24.7 Å². The van der Waals surface area contributed by atoms with E-state index in [1.807, 2.05) is 0 Å². The van der Waals surface area contributed by atoms with E-state index in [2.05, 4.69) is 11.9 Å². The Labute approximate surface area is 119 Å². The topological polar surface area (TPSA) is 92.7 Å². The first-order chi connectivity index (χ1) is 8.93. The van der Waals surface area contributed by atoms with E-state index in [0.717, 1.165) is 0 Å². The molecule has 2 N–H and O–H groups in total. The van der Waals surface area contributed by atoms with Gasteiger partial charge >= 0.3 is 11.9 Å². The molecule has 0 bridgehead atoms. The van der Waals surface area contributed by atoms with Gasteiger partial charge in [-0.2, -0.15) is 0 Å². The molecule has 0 radical (unpaired) electrons. The SMILES string of the molecule is C=C(C)C(=O)OCCSSCCC(=O)NCC(=O)O. The minimum atomic E-state index is -1.06. The Bertz CT molecular complexity index is 346. The fraction of sp³-hybridized carbons (Fsp3) is 0.545. The number of aliphatic carboxylic acids is 1. The van der Waals surface area contributed by atoms with Crippen LogP contribution in [0.3, 0.4) is 0 Å². The second-order valence-electron chi connectivity index (χ2n) is 3.48. The first-order valence-corrected chi connectivity index (χ1v) is 7.98. The van der Waals surface area contributed by atoms with Crippen LogP contribution < -0.4 is 5.32 Å². The summed E-state index contributed by atoms with van der Waals surface area (Å²) >= 11 is 0. The van der Waals surface area contributed by atoms with Gasteiger partial charge in [0.15, 0.2) is 0 Å². The highest BCUT2D eigenvalue weighted by atomic mass is 33.1. The molecular weight excluding hydrogens is 290 g/mol. The zero-order valence-corrected chi connectivity index (χ0v) is 12.3. The van der Waals surface area contributed by atoms with Crippen molar-refractivity contribution >= 4 is 39.4 Å². The van der Waals surface area contributed by atoms with E-state index in [0.29, 0.717) is 23.7 Å². The van der Waals surface area contributed by atoms with Crippen LogP contribution in [0, 0.1) is 0 Å². The van der Waals surface area contributed by atoms with Crippen LogP contribution in [0.4, 0.5) is 0 Å². The van der Waals surface area contributed by atoms with Crippen LogP contribution in [-0.4, -0.2) is 47.6 Å². The normalized spacial score (nSPS) is 9.74. The number of hydrogen-bond acceptors (Lipinski definition) is 6. The molecule has 0 aliphatic rings. The summed E-state index contributed by atoms with van der Waals surface area (Å²) in [5, 5.41) is 10.6. The Morgan fingerprint density at radius 1 is 1.26 bits per heavy atom. The summed E-state index contributed by atoms with van der Waals surface area (Å²) in [6.07, 6.45) is 0.260. The third-order valence-electron chi connectivity index (χ3n) is 1.68. The molecule has 0 heterocycles. The minimum absolute atomic E-state index is 0.260. The lowest BCUT2D eigenvalue weighted by Gasteiger charge is -2.04. The van der Waals surface area contributed by atoms with Crippen LogP contribution in [0.2, 0.25) is 0 Å². The molecule has 1 amide bonds. The standard InChI is InChI=1S/C11H17NO5S2/c1-8(2)11(16)17-4-6-19-18-5-3-9(13)12-7-10(14)15/h1,3-7H2,2H3,(H,12,13)(H,14,15). The van der Waals surface area contributed by atoms with Crippen LogP contribution in [0.15, 0.2) is 12.2 Å². The fourth-order valence-electron chi connectivity index (χ4n) is 0.806. The Balaban J connectivity index is 3.36. The number of carbonyl (C=O) groups is 3. The number of rotatable bonds is 10. The Morgan fingerprint density at radius 2 is 1.89 bits per heavy atom. The number of nitrogens with one attached hydrogen (secondary N) is 1. The van der Waals surface area contributed by atoms with E-state index in [4.69, 9.17) is 9.84 Å². The number of esters is 1. The molecular formula is C11H17NO5S2. The highest BCUT2D eigenvalue weighted by Crippen LogP contribution is 2.21. The summed E-state index contributed by atoms with van der Waals surface area (Å²) in [5.74, 6) is -0.553. The minimum Gasteiger partial charge on any atom is -0.480 e. The first-order valence-electron chi connectivity index (χ1n) is 5.49. The Morgan fingerprint density at radius 3 is 2.47 bits per heavy atom. The number of amides is 1. The lowest BCUT2D eigenvalue weighted by atomic mass is 10.4. The van der Waals surface area contributed by atoms with Gasteiger partial charge in [-0.05, 0) is 6.92 Å². The molecule has 0 aliphatic carbocycles. The molecule has 0 aromatic carbocycles. The van der Waals surface area contributed by atoms with Crippen molar-refractivity contribution in [1.82, 2.24) is 5.32 Å². The number of hydrogen-bond donors (Lipinski definition) is 2. The summed E-state index contributed by atoms with van der Waals surface area (Å²) in [6.45, 7) is 4.99. The second-order valence-corrected chi connectivity index (χ2v) is 6.18. The number of carboxylic acid groups (broad SMARTS) is 1. The maximum Gasteiger partial charge on any atom is 0.333 e. The van der Waals surface area contributed by atoms with E-state index < -0.39 is 11.9 Å². The van der Waals surface area contributed by atoms with Crippen molar-refractivity contribution in [1.29, 1.82) is 0 Å². The van der Waals surface area contributed by atoms with E-state index in [-0.39, 0.29) is 18.9 Å². The van der Waals surface area contributed by atoms with Gasteiger partial charge in [-0.25, -0.2) is 4.79 Å². The summed E-state index contributed by atoms with van der Waals surface area (Å²) in [6, 6.07) is 0. The average Bonchev–Trinajstić information content (AvgIpc) is 2.34. The number of ether oxygens (including phenoxy) is 1. The molecule has 0 fully saturated rings. The average molecular weight is 307 g/mol. The molecule has 0 aromatic rings. The van der Waals surface area contributed by atoms with Gasteiger partial charge in [-0.1, -0.05) is 28.2 Å². The highest BCUT2D eigenvalue weighted by Gasteiger charge is 2.04. The van der Waals surface area contributed by atoms with Crippen LogP contribution in [0.5, 0.6) is 0 Å². The molecule has 0 spiro atoms. The van der Waals surface area contributed by atoms with E-state index in [1.165, 1.54) is 21.6 Å². The predicted molar refractivity (Wildman–Crippen MR) is 76.0 cm³/mol. The molecule has 19 heavy (non-hydrogen) atoms. The van der Waals surface area contributed by atoms with Crippen molar-refractivity contribution < 1.29 is 24.2 Å². The Kier molecular flexibility index (Phi) is 10.1. The lowest BCUT2D eigenvalue weighted by Crippen LogP contribution is -2.29. The van der Waals surface area contributed by atoms with Crippen molar-refractivity contribution in [2.24, 2.45) is 0 Å². The monoisotopic (exact) mass is 307 g/mol. The third-order valence-corrected chi connectivity index (χ3v) is 4.05. The quantitative estimate of drug-likeness (QED) is 0.270. The van der Waals surface area contributed by atoms with Gasteiger partial charge in [-0.15, -0.1) is 0 Å². The molecule has 0 saturated heterocycles. The molecule has 0 saturated carbocycles. The molecule has 0 aliphatic heterocycles. The second kappa shape index (κ2) is 10.7. The third kappa shape index (κ3) is 11.7. The van der Waals surface area contributed by atoms with E-state index >= 15 is 0 Å². The van der Waals surface area contributed by atoms with Gasteiger partial charge in [0, 0.05) is 23.5 Å². The molecule has 8 heteroatoms. The van der Waals surface area contributed by atoms with Crippen LogP contribution >= 0.6 is 21.6 Å². The summed E-state index contributed by atoms with van der Waals surface area (Å²) in [7, 11) is 2.96. The van der Waals surface area contributed by atoms with Crippen LogP contribution in [-0.2, 0) is 19.1 Å². The van der Waals surface area contributed by atoms with Gasteiger partial charge in [0.25, 0.3) is 0 Å². The van der Waals surface area contributed by atoms with E-state index in [1.54, 1.807) is 6.92 Å². The van der Waals surface area contributed by atoms with Crippen molar-refractivity contribution in [2.45, 2.75) is 13.3 Å². The fourth-order valence-corrected chi connectivity index (χ4v) is 2.62. The summed E-state index contributed by atoms with van der Waals surface area (Å²) in [5.41, 5.74) is 0.368. The van der Waals surface area contributed by atoms with Gasteiger partial charge in [0.2, 0.25) is 5.91 Å². The van der Waals surface area contributed by atoms with Crippen molar-refractivity contribution in [3.63, 3.8) is 0 Å². The van der Waals surface area contributed by atoms with E-state index in [9.17, 15) is 14.4 Å². The Hall–Kier alpha value is -1.15. The predicted octanol–water partition coefficient (Wildman–Crippen LogP) is 1.08. The number of carboxylic acids is 1. The maximum absolute atomic E-state index is 11.1. The molecule has 0 unspecified atom stereocenters. The maximum atomic E-state index is 11.1. The molecule has 0 atom stereocenters. The highest BCUT2D eigenvalue weighted by molar-refractivity contribution is 8.76. The largest absolute Gasteiger partial charge is 0.480 e. The lowest BCUT2D eigenvalue weighted by molar-refractivity contribution is -0.138. The number of carbonyl (C=O) groups excluding carboxylic acids is 2.